The summed E-state index contributed by atoms with van der Waals surface area (Å²) in [5.74, 6) is -1.35. The molecule has 0 aromatic heterocycles. The van der Waals surface area contributed by atoms with Gasteiger partial charge in [-0.15, -0.1) is 0 Å². The maximum Gasteiger partial charge on any atom is 0.282 e. The third-order valence-electron chi connectivity index (χ3n) is 3.23. The second kappa shape index (κ2) is 4.43. The van der Waals surface area contributed by atoms with Crippen molar-refractivity contribution in [1.29, 1.82) is 0 Å². The van der Waals surface area contributed by atoms with Gasteiger partial charge in [0.05, 0.1) is 22.6 Å². The second-order valence-corrected chi connectivity index (χ2v) is 4.42. The molecule has 7 nitrogen and oxygen atoms in total. The monoisotopic (exact) mass is 264 g/mol. The van der Waals surface area contributed by atoms with Gasteiger partial charge >= 0.3 is 0 Å². The molecule has 7 heteroatoms. The Balaban J connectivity index is 2.56. The molecule has 1 aliphatic rings. The molecular weight excluding hydrogens is 252 g/mol. The van der Waals surface area contributed by atoms with Gasteiger partial charge in [-0.3, -0.25) is 24.6 Å². The summed E-state index contributed by atoms with van der Waals surface area (Å²) in [6.45, 7) is 2.96. The summed E-state index contributed by atoms with van der Waals surface area (Å²) in [4.78, 5) is 35.3. The zero-order valence-corrected chi connectivity index (χ0v) is 10.4. The molecule has 0 bridgehead atoms. The average molecular weight is 264 g/mol. The highest BCUT2D eigenvalue weighted by molar-refractivity contribution is 6.23. The molecule has 19 heavy (non-hydrogen) atoms. The first-order chi connectivity index (χ1) is 8.86. The highest BCUT2D eigenvalue weighted by Gasteiger charge is 2.43. The zero-order chi connectivity index (χ0) is 14.3. The highest BCUT2D eigenvalue weighted by atomic mass is 16.6. The summed E-state index contributed by atoms with van der Waals surface area (Å²) >= 11 is 0. The summed E-state index contributed by atoms with van der Waals surface area (Å²) in [7, 11) is 0. The van der Waals surface area contributed by atoms with E-state index in [1.54, 1.807) is 0 Å². The SMILES string of the molecule is CC(O)C(C)N1C(=O)c2cccc([N+](=O)[O-])c2C1=O. The van der Waals surface area contributed by atoms with Crippen molar-refractivity contribution in [1.82, 2.24) is 4.90 Å². The number of aliphatic hydroxyl groups excluding tert-OH is 1. The Morgan fingerprint density at radius 3 is 2.42 bits per heavy atom. The number of fused-ring (bicyclic) bond motifs is 1. The maximum absolute atomic E-state index is 12.2. The minimum atomic E-state index is -0.915. The van der Waals surface area contributed by atoms with Crippen LogP contribution in [0.15, 0.2) is 18.2 Å². The number of hydrogen-bond acceptors (Lipinski definition) is 5. The van der Waals surface area contributed by atoms with Crippen LogP contribution in [0.5, 0.6) is 0 Å². The lowest BCUT2D eigenvalue weighted by atomic mass is 10.1. The number of rotatable bonds is 3. The predicted molar refractivity (Wildman–Crippen MR) is 64.7 cm³/mol. The number of nitro benzene ring substituents is 1. The van der Waals surface area contributed by atoms with Crippen LogP contribution in [0, 0.1) is 10.1 Å². The Hall–Kier alpha value is -2.28. The molecule has 1 aliphatic heterocycles. The van der Waals surface area contributed by atoms with Crippen LogP contribution in [0.1, 0.15) is 34.6 Å². The lowest BCUT2D eigenvalue weighted by Crippen LogP contribution is -2.43. The fraction of sp³-hybridized carbons (Fsp3) is 0.333. The Bertz CT molecular complexity index is 581. The van der Waals surface area contributed by atoms with Crippen LogP contribution >= 0.6 is 0 Å². The van der Waals surface area contributed by atoms with Gasteiger partial charge in [-0.1, -0.05) is 6.07 Å². The average Bonchev–Trinajstić information content (AvgIpc) is 2.61. The number of aliphatic hydroxyl groups is 1. The number of carbonyl (C=O) groups is 2. The lowest BCUT2D eigenvalue weighted by Gasteiger charge is -2.24. The third kappa shape index (κ3) is 1.88. The minimum absolute atomic E-state index is 0.00620. The summed E-state index contributed by atoms with van der Waals surface area (Å²) in [6.07, 6.45) is -0.915. The van der Waals surface area contributed by atoms with Gasteiger partial charge in [0.1, 0.15) is 5.56 Å². The van der Waals surface area contributed by atoms with E-state index < -0.39 is 34.6 Å². The molecule has 0 fully saturated rings. The fourth-order valence-electron chi connectivity index (χ4n) is 2.02. The largest absolute Gasteiger partial charge is 0.391 e. The van der Waals surface area contributed by atoms with Crippen molar-refractivity contribution in [3.8, 4) is 0 Å². The minimum Gasteiger partial charge on any atom is -0.391 e. The van der Waals surface area contributed by atoms with E-state index >= 15 is 0 Å². The first-order valence-electron chi connectivity index (χ1n) is 5.69. The third-order valence-corrected chi connectivity index (χ3v) is 3.23. The van der Waals surface area contributed by atoms with Gasteiger partial charge in [-0.25, -0.2) is 0 Å². The molecule has 1 heterocycles. The Morgan fingerprint density at radius 2 is 1.89 bits per heavy atom. The summed E-state index contributed by atoms with van der Waals surface area (Å²) < 4.78 is 0. The number of hydrogen-bond donors (Lipinski definition) is 1. The van der Waals surface area contributed by atoms with E-state index in [0.29, 0.717) is 0 Å². The van der Waals surface area contributed by atoms with E-state index in [9.17, 15) is 24.8 Å². The van der Waals surface area contributed by atoms with Crippen molar-refractivity contribution in [3.63, 3.8) is 0 Å². The topological polar surface area (TPSA) is 101 Å². The van der Waals surface area contributed by atoms with Crippen molar-refractivity contribution >= 4 is 17.5 Å². The molecule has 0 saturated carbocycles. The zero-order valence-electron chi connectivity index (χ0n) is 10.4. The Morgan fingerprint density at radius 1 is 1.26 bits per heavy atom. The normalized spacial score (nSPS) is 17.3. The van der Waals surface area contributed by atoms with Crippen molar-refractivity contribution in [2.45, 2.75) is 26.0 Å². The molecule has 0 aliphatic carbocycles. The van der Waals surface area contributed by atoms with E-state index in [2.05, 4.69) is 0 Å². The number of nitrogens with zero attached hydrogens (tertiary/aromatic N) is 2. The molecule has 0 spiro atoms. The first-order valence-corrected chi connectivity index (χ1v) is 5.69. The summed E-state index contributed by atoms with van der Waals surface area (Å²) in [6, 6.07) is 3.17. The van der Waals surface area contributed by atoms with Gasteiger partial charge in [-0.05, 0) is 19.9 Å². The highest BCUT2D eigenvalue weighted by Crippen LogP contribution is 2.32. The molecule has 0 radical (unpaired) electrons. The van der Waals surface area contributed by atoms with E-state index in [1.807, 2.05) is 0 Å². The first kappa shape index (κ1) is 13.2. The van der Waals surface area contributed by atoms with Crippen molar-refractivity contribution in [2.75, 3.05) is 0 Å². The molecule has 0 saturated heterocycles. The quantitative estimate of drug-likeness (QED) is 0.497. The van der Waals surface area contributed by atoms with Gasteiger partial charge in [-0.2, -0.15) is 0 Å². The van der Waals surface area contributed by atoms with Gasteiger partial charge in [0.2, 0.25) is 0 Å². The smallest absolute Gasteiger partial charge is 0.282 e. The number of benzene rings is 1. The van der Waals surface area contributed by atoms with Crippen LogP contribution in [-0.4, -0.2) is 38.9 Å². The summed E-state index contributed by atoms with van der Waals surface area (Å²) in [5.41, 5.74) is -0.590. The van der Waals surface area contributed by atoms with Crippen LogP contribution < -0.4 is 0 Å². The fourth-order valence-corrected chi connectivity index (χ4v) is 2.02. The van der Waals surface area contributed by atoms with E-state index in [-0.39, 0.29) is 11.1 Å². The second-order valence-electron chi connectivity index (χ2n) is 4.42. The maximum atomic E-state index is 12.2. The van der Waals surface area contributed by atoms with Crippen LogP contribution in [0.2, 0.25) is 0 Å². The predicted octanol–water partition coefficient (Wildman–Crippen LogP) is 0.960. The van der Waals surface area contributed by atoms with E-state index in [0.717, 1.165) is 4.90 Å². The Labute approximate surface area is 108 Å². The molecule has 1 N–H and O–H groups in total. The molecule has 1 aromatic carbocycles. The van der Waals surface area contributed by atoms with E-state index in [1.165, 1.54) is 32.0 Å². The van der Waals surface area contributed by atoms with Crippen molar-refractivity contribution < 1.29 is 19.6 Å². The van der Waals surface area contributed by atoms with Crippen LogP contribution in [0.4, 0.5) is 5.69 Å². The molecule has 1 aromatic rings. The molecular formula is C12H12N2O5. The summed E-state index contributed by atoms with van der Waals surface area (Å²) in [5, 5.41) is 20.4. The lowest BCUT2D eigenvalue weighted by molar-refractivity contribution is -0.385. The van der Waals surface area contributed by atoms with Crippen LogP contribution in [-0.2, 0) is 0 Å². The number of carbonyl (C=O) groups excluding carboxylic acids is 2. The van der Waals surface area contributed by atoms with Gasteiger partial charge in [0.15, 0.2) is 0 Å². The number of amides is 2. The molecule has 2 atom stereocenters. The number of nitro groups is 1. The van der Waals surface area contributed by atoms with Gasteiger partial charge < -0.3 is 5.11 Å². The van der Waals surface area contributed by atoms with E-state index in [4.69, 9.17) is 0 Å². The molecule has 100 valence electrons. The Kier molecular flexibility index (Phi) is 3.07. The van der Waals surface area contributed by atoms with Crippen LogP contribution in [0.3, 0.4) is 0 Å². The van der Waals surface area contributed by atoms with Gasteiger partial charge in [0, 0.05) is 6.07 Å². The molecule has 2 amide bonds. The van der Waals surface area contributed by atoms with Crippen molar-refractivity contribution in [3.05, 3.63) is 39.4 Å². The molecule has 2 rings (SSSR count). The molecule has 2 unspecified atom stereocenters. The van der Waals surface area contributed by atoms with Gasteiger partial charge in [0.25, 0.3) is 17.5 Å². The standard InChI is InChI=1S/C12H12N2O5/c1-6(7(2)15)13-11(16)8-4-3-5-9(14(18)19)10(8)12(13)17/h3-7,15H,1-2H3. The van der Waals surface area contributed by atoms with Crippen LogP contribution in [0.25, 0.3) is 0 Å². The number of imide groups is 1. The van der Waals surface area contributed by atoms with Crippen molar-refractivity contribution in [2.24, 2.45) is 0 Å².